The Morgan fingerprint density at radius 3 is 2.50 bits per heavy atom. The van der Waals surface area contributed by atoms with E-state index in [-0.39, 0.29) is 16.3 Å². The minimum atomic E-state index is -1.11. The van der Waals surface area contributed by atoms with Crippen LogP contribution in [-0.4, -0.2) is 22.0 Å². The molecule has 0 atom stereocenters. The molecule has 1 aromatic heterocycles. The van der Waals surface area contributed by atoms with Crippen LogP contribution < -0.4 is 5.32 Å². The number of hydrogen-bond acceptors (Lipinski definition) is 3. The number of rotatable bonds is 3. The third-order valence-electron chi connectivity index (χ3n) is 2.44. The number of anilines is 1. The molecule has 0 aliphatic heterocycles. The summed E-state index contributed by atoms with van der Waals surface area (Å²) in [5.74, 6) is -1.62. The molecule has 0 radical (unpaired) electrons. The molecule has 1 heterocycles. The number of aromatic carboxylic acids is 1. The number of nitrogens with zero attached hydrogens (tertiary/aromatic N) is 1. The zero-order valence-corrected chi connectivity index (χ0v) is 11.4. The zero-order chi connectivity index (χ0) is 14.7. The van der Waals surface area contributed by atoms with Gasteiger partial charge < -0.3 is 10.4 Å². The maximum Gasteiger partial charge on any atom is 0.337 e. The Kier molecular flexibility index (Phi) is 4.22. The molecule has 0 bridgehead atoms. The average molecular weight is 311 g/mol. The van der Waals surface area contributed by atoms with Gasteiger partial charge in [-0.25, -0.2) is 4.79 Å². The Bertz CT molecular complexity index is 672. The van der Waals surface area contributed by atoms with Crippen LogP contribution in [0.1, 0.15) is 20.8 Å². The van der Waals surface area contributed by atoms with E-state index in [2.05, 4.69) is 10.3 Å². The van der Waals surface area contributed by atoms with Gasteiger partial charge in [-0.05, 0) is 24.3 Å². The highest BCUT2D eigenvalue weighted by atomic mass is 35.5. The number of halogens is 2. The highest BCUT2D eigenvalue weighted by molar-refractivity contribution is 6.44. The van der Waals surface area contributed by atoms with E-state index in [0.717, 1.165) is 6.20 Å². The van der Waals surface area contributed by atoms with Crippen molar-refractivity contribution in [2.45, 2.75) is 0 Å². The molecule has 0 unspecified atom stereocenters. The van der Waals surface area contributed by atoms with Crippen LogP contribution in [0.5, 0.6) is 0 Å². The molecule has 0 spiro atoms. The van der Waals surface area contributed by atoms with Crippen molar-refractivity contribution in [2.24, 2.45) is 0 Å². The molecule has 0 fully saturated rings. The first-order valence-electron chi connectivity index (χ1n) is 5.44. The second-order valence-electron chi connectivity index (χ2n) is 3.79. The predicted molar refractivity (Wildman–Crippen MR) is 75.6 cm³/mol. The van der Waals surface area contributed by atoms with Crippen LogP contribution in [0.2, 0.25) is 10.0 Å². The number of amides is 1. The molecule has 5 nitrogen and oxygen atoms in total. The van der Waals surface area contributed by atoms with E-state index in [1.807, 2.05) is 0 Å². The molecular weight excluding hydrogens is 303 g/mol. The highest BCUT2D eigenvalue weighted by Crippen LogP contribution is 2.29. The smallest absolute Gasteiger partial charge is 0.337 e. The van der Waals surface area contributed by atoms with Crippen molar-refractivity contribution in [1.82, 2.24) is 4.98 Å². The third kappa shape index (κ3) is 3.07. The Morgan fingerprint density at radius 1 is 1.15 bits per heavy atom. The van der Waals surface area contributed by atoms with Crippen LogP contribution in [0.15, 0.2) is 36.5 Å². The number of aromatic nitrogens is 1. The van der Waals surface area contributed by atoms with Gasteiger partial charge in [0, 0.05) is 6.20 Å². The van der Waals surface area contributed by atoms with Crippen LogP contribution in [0.3, 0.4) is 0 Å². The summed E-state index contributed by atoms with van der Waals surface area (Å²) >= 11 is 11.8. The summed E-state index contributed by atoms with van der Waals surface area (Å²) in [6.45, 7) is 0. The fraction of sp³-hybridized carbons (Fsp3) is 0. The number of carbonyl (C=O) groups excluding carboxylic acids is 1. The molecule has 0 saturated heterocycles. The molecule has 7 heteroatoms. The van der Waals surface area contributed by atoms with Crippen LogP contribution >= 0.6 is 23.2 Å². The fourth-order valence-electron chi connectivity index (χ4n) is 1.44. The van der Waals surface area contributed by atoms with Crippen molar-refractivity contribution in [2.75, 3.05) is 5.32 Å². The van der Waals surface area contributed by atoms with E-state index in [4.69, 9.17) is 28.3 Å². The summed E-state index contributed by atoms with van der Waals surface area (Å²) in [6.07, 6.45) is 1.11. The first-order chi connectivity index (χ1) is 9.49. The molecule has 2 aromatic rings. The number of pyridine rings is 1. The van der Waals surface area contributed by atoms with Crippen LogP contribution in [0.4, 0.5) is 5.69 Å². The number of carboxylic acids is 1. The summed E-state index contributed by atoms with van der Waals surface area (Å²) in [4.78, 5) is 26.4. The van der Waals surface area contributed by atoms with Crippen molar-refractivity contribution in [3.05, 3.63) is 57.8 Å². The molecule has 1 amide bonds. The van der Waals surface area contributed by atoms with E-state index in [9.17, 15) is 9.59 Å². The normalized spacial score (nSPS) is 10.1. The highest BCUT2D eigenvalue weighted by Gasteiger charge is 2.12. The second-order valence-corrected chi connectivity index (χ2v) is 4.58. The number of hydrogen-bond donors (Lipinski definition) is 2. The summed E-state index contributed by atoms with van der Waals surface area (Å²) in [5, 5.41) is 11.8. The lowest BCUT2D eigenvalue weighted by Gasteiger charge is -2.07. The molecule has 0 saturated carbocycles. The quantitative estimate of drug-likeness (QED) is 0.911. The van der Waals surface area contributed by atoms with Crippen molar-refractivity contribution in [3.8, 4) is 0 Å². The van der Waals surface area contributed by atoms with Gasteiger partial charge in [-0.1, -0.05) is 29.3 Å². The molecule has 20 heavy (non-hydrogen) atoms. The lowest BCUT2D eigenvalue weighted by molar-refractivity contribution is 0.0696. The van der Waals surface area contributed by atoms with E-state index < -0.39 is 11.9 Å². The van der Waals surface area contributed by atoms with Crippen LogP contribution in [-0.2, 0) is 0 Å². The Balaban J connectivity index is 2.20. The van der Waals surface area contributed by atoms with Crippen molar-refractivity contribution >= 4 is 40.8 Å². The first-order valence-corrected chi connectivity index (χ1v) is 6.19. The number of carboxylic acid groups (broad SMARTS) is 1. The van der Waals surface area contributed by atoms with Crippen molar-refractivity contribution in [3.63, 3.8) is 0 Å². The molecule has 102 valence electrons. The van der Waals surface area contributed by atoms with Crippen LogP contribution in [0, 0.1) is 0 Å². The first kappa shape index (κ1) is 14.3. The summed E-state index contributed by atoms with van der Waals surface area (Å²) in [6, 6.07) is 7.45. The van der Waals surface area contributed by atoms with E-state index >= 15 is 0 Å². The second kappa shape index (κ2) is 5.90. The SMILES string of the molecule is O=C(O)c1ccc(C(=O)Nc2cccc(Cl)c2Cl)nc1. The monoisotopic (exact) mass is 310 g/mol. The van der Waals surface area contributed by atoms with Gasteiger partial charge in [0.25, 0.3) is 5.91 Å². The number of benzene rings is 1. The fourth-order valence-corrected chi connectivity index (χ4v) is 1.79. The summed E-state index contributed by atoms with van der Waals surface area (Å²) in [7, 11) is 0. The van der Waals surface area contributed by atoms with E-state index in [1.165, 1.54) is 12.1 Å². The minimum absolute atomic E-state index is 0.00216. The largest absolute Gasteiger partial charge is 0.478 e. The van der Waals surface area contributed by atoms with Gasteiger partial charge in [-0.15, -0.1) is 0 Å². The standard InChI is InChI=1S/C13H8Cl2N2O3/c14-8-2-1-3-9(11(8)15)17-12(18)10-5-4-7(6-16-10)13(19)20/h1-6H,(H,17,18)(H,19,20). The van der Waals surface area contributed by atoms with Gasteiger partial charge in [0.15, 0.2) is 0 Å². The van der Waals surface area contributed by atoms with E-state index in [0.29, 0.717) is 10.7 Å². The molecule has 0 aliphatic rings. The zero-order valence-electron chi connectivity index (χ0n) is 9.93. The number of carbonyl (C=O) groups is 2. The van der Waals surface area contributed by atoms with Crippen molar-refractivity contribution in [1.29, 1.82) is 0 Å². The summed E-state index contributed by atoms with van der Waals surface area (Å²) < 4.78 is 0. The lowest BCUT2D eigenvalue weighted by Crippen LogP contribution is -2.14. The van der Waals surface area contributed by atoms with Gasteiger partial charge in [0.05, 0.1) is 21.3 Å². The molecule has 1 aromatic carbocycles. The third-order valence-corrected chi connectivity index (χ3v) is 3.26. The predicted octanol–water partition coefficient (Wildman–Crippen LogP) is 3.34. The van der Waals surface area contributed by atoms with Gasteiger partial charge in [0.1, 0.15) is 5.69 Å². The van der Waals surface area contributed by atoms with E-state index in [1.54, 1.807) is 18.2 Å². The Labute approximate surface area is 124 Å². The summed E-state index contributed by atoms with van der Waals surface area (Å²) in [5.41, 5.74) is 0.432. The molecule has 2 rings (SSSR count). The van der Waals surface area contributed by atoms with Gasteiger partial charge in [-0.2, -0.15) is 0 Å². The molecular formula is C13H8Cl2N2O3. The Morgan fingerprint density at radius 2 is 1.90 bits per heavy atom. The van der Waals surface area contributed by atoms with Gasteiger partial charge in [0.2, 0.25) is 0 Å². The maximum absolute atomic E-state index is 11.9. The molecule has 2 N–H and O–H groups in total. The minimum Gasteiger partial charge on any atom is -0.478 e. The molecule has 0 aliphatic carbocycles. The maximum atomic E-state index is 11.9. The van der Waals surface area contributed by atoms with Crippen molar-refractivity contribution < 1.29 is 14.7 Å². The Hall–Kier alpha value is -2.11. The van der Waals surface area contributed by atoms with Crippen LogP contribution in [0.25, 0.3) is 0 Å². The van der Waals surface area contributed by atoms with Gasteiger partial charge in [-0.3, -0.25) is 9.78 Å². The van der Waals surface area contributed by atoms with Gasteiger partial charge >= 0.3 is 5.97 Å². The number of nitrogens with one attached hydrogen (secondary N) is 1. The topological polar surface area (TPSA) is 79.3 Å². The average Bonchev–Trinajstić information content (AvgIpc) is 2.44. The lowest BCUT2D eigenvalue weighted by atomic mass is 10.2.